The molecule has 0 aromatic heterocycles. The van der Waals surface area contributed by atoms with Crippen molar-refractivity contribution in [1.82, 2.24) is 0 Å². The molecule has 0 atom stereocenters. The van der Waals surface area contributed by atoms with Crippen LogP contribution in [0, 0.1) is 13.8 Å². The number of halogens is 1. The van der Waals surface area contributed by atoms with Crippen LogP contribution in [0.1, 0.15) is 11.1 Å². The van der Waals surface area contributed by atoms with Crippen molar-refractivity contribution in [3.8, 4) is 17.2 Å². The minimum atomic E-state index is -0.465. The van der Waals surface area contributed by atoms with Gasteiger partial charge < -0.3 is 15.3 Å². The van der Waals surface area contributed by atoms with Gasteiger partial charge in [-0.3, -0.25) is 0 Å². The summed E-state index contributed by atoms with van der Waals surface area (Å²) in [5.74, 6) is -1.04. The number of aromatic hydroxyl groups is 3. The van der Waals surface area contributed by atoms with Crippen LogP contribution >= 0.6 is 15.9 Å². The van der Waals surface area contributed by atoms with Crippen LogP contribution in [0.4, 0.5) is 0 Å². The summed E-state index contributed by atoms with van der Waals surface area (Å²) in [6.07, 6.45) is 0. The summed E-state index contributed by atoms with van der Waals surface area (Å²) in [6.45, 7) is 3.29. The van der Waals surface area contributed by atoms with Gasteiger partial charge >= 0.3 is 0 Å². The van der Waals surface area contributed by atoms with Gasteiger partial charge in [-0.15, -0.1) is 0 Å². The van der Waals surface area contributed by atoms with Crippen molar-refractivity contribution in [1.29, 1.82) is 0 Å². The molecule has 0 unspecified atom stereocenters. The first-order chi connectivity index (χ1) is 5.46. The predicted octanol–water partition coefficient (Wildman–Crippen LogP) is 2.18. The Hall–Kier alpha value is -0.900. The molecule has 0 aliphatic heterocycles. The number of benzene rings is 1. The largest absolute Gasteiger partial charge is 0.504 e. The lowest BCUT2D eigenvalue weighted by atomic mass is 10.1. The van der Waals surface area contributed by atoms with Crippen LogP contribution in [0.5, 0.6) is 17.2 Å². The smallest absolute Gasteiger partial charge is 0.200 e. The molecule has 1 aromatic rings. The second-order valence-electron chi connectivity index (χ2n) is 2.61. The van der Waals surface area contributed by atoms with Crippen molar-refractivity contribution < 1.29 is 15.3 Å². The fraction of sp³-hybridized carbons (Fsp3) is 0.250. The molecule has 0 spiro atoms. The van der Waals surface area contributed by atoms with E-state index in [9.17, 15) is 15.3 Å². The van der Waals surface area contributed by atoms with E-state index in [1.165, 1.54) is 0 Å². The minimum Gasteiger partial charge on any atom is -0.504 e. The maximum Gasteiger partial charge on any atom is 0.200 e. The molecule has 0 saturated carbocycles. The molecule has 3 nitrogen and oxygen atoms in total. The third kappa shape index (κ3) is 1.12. The normalized spacial score (nSPS) is 10.2. The zero-order valence-electron chi connectivity index (χ0n) is 6.72. The van der Waals surface area contributed by atoms with Crippen molar-refractivity contribution in [3.05, 3.63) is 15.6 Å². The summed E-state index contributed by atoms with van der Waals surface area (Å²) in [7, 11) is 0. The first-order valence-electron chi connectivity index (χ1n) is 3.36. The molecule has 66 valence electrons. The Morgan fingerprint density at radius 1 is 0.833 bits per heavy atom. The second kappa shape index (κ2) is 2.86. The number of hydrogen-bond donors (Lipinski definition) is 3. The topological polar surface area (TPSA) is 60.7 Å². The quantitative estimate of drug-likeness (QED) is 0.602. The minimum absolute atomic E-state index is 0.287. The van der Waals surface area contributed by atoms with Crippen LogP contribution in [0.2, 0.25) is 0 Å². The molecular formula is C8H9BrO3. The van der Waals surface area contributed by atoms with E-state index in [-0.39, 0.29) is 11.5 Å². The lowest BCUT2D eigenvalue weighted by molar-refractivity contribution is 0.363. The first-order valence-corrected chi connectivity index (χ1v) is 4.15. The van der Waals surface area contributed by atoms with Gasteiger partial charge in [0.1, 0.15) is 0 Å². The Labute approximate surface area is 78.4 Å². The molecule has 0 heterocycles. The van der Waals surface area contributed by atoms with Gasteiger partial charge in [-0.05, 0) is 29.8 Å². The maximum absolute atomic E-state index is 9.25. The van der Waals surface area contributed by atoms with Gasteiger partial charge in [0.2, 0.25) is 5.75 Å². The Morgan fingerprint density at radius 3 is 1.50 bits per heavy atom. The molecule has 0 bridgehead atoms. The van der Waals surface area contributed by atoms with Gasteiger partial charge in [-0.2, -0.15) is 0 Å². The van der Waals surface area contributed by atoms with E-state index in [2.05, 4.69) is 15.9 Å². The fourth-order valence-corrected chi connectivity index (χ4v) is 1.33. The predicted molar refractivity (Wildman–Crippen MR) is 48.6 cm³/mol. The third-order valence-electron chi connectivity index (χ3n) is 1.82. The van der Waals surface area contributed by atoms with Crippen LogP contribution in [-0.4, -0.2) is 15.3 Å². The van der Waals surface area contributed by atoms with E-state index < -0.39 is 5.75 Å². The van der Waals surface area contributed by atoms with E-state index in [0.29, 0.717) is 15.6 Å². The monoisotopic (exact) mass is 232 g/mol. The molecular weight excluding hydrogens is 224 g/mol. The summed E-state index contributed by atoms with van der Waals surface area (Å²) in [5.41, 5.74) is 1.03. The van der Waals surface area contributed by atoms with Gasteiger partial charge in [0.05, 0.1) is 0 Å². The summed E-state index contributed by atoms with van der Waals surface area (Å²) < 4.78 is 0.607. The molecule has 3 N–H and O–H groups in total. The van der Waals surface area contributed by atoms with Crippen molar-refractivity contribution in [2.75, 3.05) is 0 Å². The SMILES string of the molecule is Cc1c(O)c(O)c(O)c(C)c1Br. The van der Waals surface area contributed by atoms with Crippen LogP contribution in [0.3, 0.4) is 0 Å². The van der Waals surface area contributed by atoms with E-state index in [0.717, 1.165) is 0 Å². The van der Waals surface area contributed by atoms with E-state index >= 15 is 0 Å². The second-order valence-corrected chi connectivity index (χ2v) is 3.40. The number of phenolic OH excluding ortho intramolecular Hbond substituents is 3. The highest BCUT2D eigenvalue weighted by atomic mass is 79.9. The molecule has 0 aliphatic carbocycles. The standard InChI is InChI=1S/C8H9BrO3/c1-3-5(9)4(2)7(11)8(12)6(3)10/h10-12H,1-2H3. The van der Waals surface area contributed by atoms with Crippen LogP contribution in [-0.2, 0) is 0 Å². The Balaban J connectivity index is 3.60. The van der Waals surface area contributed by atoms with Crippen LogP contribution in [0.15, 0.2) is 4.47 Å². The van der Waals surface area contributed by atoms with Crippen molar-refractivity contribution >= 4 is 15.9 Å². The molecule has 0 radical (unpaired) electrons. The lowest BCUT2D eigenvalue weighted by Gasteiger charge is -2.09. The van der Waals surface area contributed by atoms with E-state index in [1.807, 2.05) is 0 Å². The molecule has 0 fully saturated rings. The van der Waals surface area contributed by atoms with Crippen LogP contribution < -0.4 is 0 Å². The summed E-state index contributed by atoms with van der Waals surface area (Å²) in [5, 5.41) is 27.7. The lowest BCUT2D eigenvalue weighted by Crippen LogP contribution is -1.85. The molecule has 0 aliphatic rings. The average molecular weight is 233 g/mol. The summed E-state index contributed by atoms with van der Waals surface area (Å²) >= 11 is 3.18. The Morgan fingerprint density at radius 2 is 1.17 bits per heavy atom. The molecule has 4 heteroatoms. The Kier molecular flexibility index (Phi) is 2.19. The zero-order valence-corrected chi connectivity index (χ0v) is 8.31. The first kappa shape index (κ1) is 9.19. The number of rotatable bonds is 0. The molecule has 12 heavy (non-hydrogen) atoms. The van der Waals surface area contributed by atoms with Gasteiger partial charge in [0.25, 0.3) is 0 Å². The van der Waals surface area contributed by atoms with E-state index in [1.54, 1.807) is 13.8 Å². The van der Waals surface area contributed by atoms with Crippen molar-refractivity contribution in [2.24, 2.45) is 0 Å². The number of hydrogen-bond acceptors (Lipinski definition) is 3. The average Bonchev–Trinajstić information content (AvgIpc) is 2.08. The zero-order chi connectivity index (χ0) is 9.46. The van der Waals surface area contributed by atoms with Crippen molar-refractivity contribution in [2.45, 2.75) is 13.8 Å². The summed E-state index contributed by atoms with van der Waals surface area (Å²) in [4.78, 5) is 0. The van der Waals surface area contributed by atoms with Gasteiger partial charge in [0.15, 0.2) is 11.5 Å². The maximum atomic E-state index is 9.25. The highest BCUT2D eigenvalue weighted by Crippen LogP contribution is 2.44. The van der Waals surface area contributed by atoms with E-state index in [4.69, 9.17) is 0 Å². The fourth-order valence-electron chi connectivity index (χ4n) is 0.957. The van der Waals surface area contributed by atoms with Gasteiger partial charge in [-0.1, -0.05) is 0 Å². The van der Waals surface area contributed by atoms with Gasteiger partial charge in [0, 0.05) is 15.6 Å². The molecule has 1 aromatic carbocycles. The molecule has 1 rings (SSSR count). The molecule has 0 amide bonds. The molecule has 0 saturated heterocycles. The third-order valence-corrected chi connectivity index (χ3v) is 3.01. The van der Waals surface area contributed by atoms with Crippen molar-refractivity contribution in [3.63, 3.8) is 0 Å². The number of phenols is 3. The summed E-state index contributed by atoms with van der Waals surface area (Å²) in [6, 6.07) is 0. The van der Waals surface area contributed by atoms with Gasteiger partial charge in [-0.25, -0.2) is 0 Å². The van der Waals surface area contributed by atoms with Crippen LogP contribution in [0.25, 0.3) is 0 Å². The highest BCUT2D eigenvalue weighted by molar-refractivity contribution is 9.10. The highest BCUT2D eigenvalue weighted by Gasteiger charge is 2.16. The Bertz CT molecular complexity index is 229.